The van der Waals surface area contributed by atoms with Gasteiger partial charge in [0.2, 0.25) is 0 Å². The van der Waals surface area contributed by atoms with E-state index in [1.165, 1.54) is 6.08 Å². The molecule has 1 rings (SSSR count). The van der Waals surface area contributed by atoms with Crippen molar-refractivity contribution in [2.45, 2.75) is 32.8 Å². The number of hydrogen-bond acceptors (Lipinski definition) is 6. The molecule has 2 N–H and O–H groups in total. The number of hydrogen-bond donors (Lipinski definition) is 2. The van der Waals surface area contributed by atoms with Crippen molar-refractivity contribution >= 4 is 29.8 Å². The second kappa shape index (κ2) is 8.17. The highest BCUT2D eigenvalue weighted by Crippen LogP contribution is 2.20. The van der Waals surface area contributed by atoms with Gasteiger partial charge in [0.1, 0.15) is 17.7 Å². The number of carbonyl (C=O) groups excluding carboxylic acids is 2. The quantitative estimate of drug-likeness (QED) is 0.349. The highest BCUT2D eigenvalue weighted by Gasteiger charge is 2.13. The first-order valence-corrected chi connectivity index (χ1v) is 7.12. The monoisotopic (exact) mass is 305 g/mol. The van der Waals surface area contributed by atoms with E-state index in [-0.39, 0.29) is 0 Å². The van der Waals surface area contributed by atoms with Crippen LogP contribution in [-0.4, -0.2) is 36.4 Å². The predicted molar refractivity (Wildman–Crippen MR) is 87.8 cm³/mol. The van der Waals surface area contributed by atoms with Crippen molar-refractivity contribution in [1.29, 1.82) is 0 Å². The Morgan fingerprint density at radius 1 is 1.41 bits per heavy atom. The lowest BCUT2D eigenvalue weighted by atomic mass is 10.2. The van der Waals surface area contributed by atoms with Crippen LogP contribution in [0.5, 0.6) is 0 Å². The van der Waals surface area contributed by atoms with Crippen molar-refractivity contribution in [3.05, 3.63) is 23.9 Å². The summed E-state index contributed by atoms with van der Waals surface area (Å²) in [6, 6.07) is 1.85. The van der Waals surface area contributed by atoms with E-state index < -0.39 is 11.6 Å². The van der Waals surface area contributed by atoms with Gasteiger partial charge in [-0.3, -0.25) is 0 Å². The Balaban J connectivity index is 2.80. The summed E-state index contributed by atoms with van der Waals surface area (Å²) in [4.78, 5) is 26.3. The van der Waals surface area contributed by atoms with Gasteiger partial charge in [-0.25, -0.2) is 9.78 Å². The highest BCUT2D eigenvalue weighted by atomic mass is 16.6. The summed E-state index contributed by atoms with van der Waals surface area (Å²) >= 11 is 0. The molecule has 0 aliphatic carbocycles. The van der Waals surface area contributed by atoms with Crippen LogP contribution in [0.3, 0.4) is 0 Å². The Labute approximate surface area is 131 Å². The Morgan fingerprint density at radius 3 is 2.73 bits per heavy atom. The fraction of sp³-hybridized carbons (Fsp3) is 0.438. The summed E-state index contributed by atoms with van der Waals surface area (Å²) in [6.45, 7) is 5.98. The molecule has 0 aromatic carbocycles. The van der Waals surface area contributed by atoms with Crippen LogP contribution in [0, 0.1) is 0 Å². The number of rotatable bonds is 7. The lowest BCUT2D eigenvalue weighted by Crippen LogP contribution is -2.22. The third kappa shape index (κ3) is 6.39. The van der Waals surface area contributed by atoms with E-state index >= 15 is 0 Å². The average Bonchev–Trinajstić information content (AvgIpc) is 2.44. The summed E-state index contributed by atoms with van der Waals surface area (Å²) < 4.78 is 5.20. The molecular formula is C16H23N3O3. The first kappa shape index (κ1) is 17.7. The van der Waals surface area contributed by atoms with Crippen LogP contribution in [0.1, 0.15) is 32.8 Å². The predicted octanol–water partition coefficient (Wildman–Crippen LogP) is 2.48. The van der Waals surface area contributed by atoms with Crippen LogP contribution < -0.4 is 10.6 Å². The zero-order chi connectivity index (χ0) is 16.6. The van der Waals surface area contributed by atoms with E-state index in [1.807, 2.05) is 26.8 Å². The Morgan fingerprint density at radius 2 is 2.14 bits per heavy atom. The van der Waals surface area contributed by atoms with Crippen molar-refractivity contribution in [3.8, 4) is 0 Å². The van der Waals surface area contributed by atoms with Gasteiger partial charge < -0.3 is 20.2 Å². The fourth-order valence-corrected chi connectivity index (χ4v) is 1.67. The van der Waals surface area contributed by atoms with E-state index in [1.54, 1.807) is 19.3 Å². The first-order valence-electron chi connectivity index (χ1n) is 7.12. The van der Waals surface area contributed by atoms with Gasteiger partial charge in [-0.05, 0) is 38.5 Å². The van der Waals surface area contributed by atoms with E-state index in [0.717, 1.165) is 17.5 Å². The summed E-state index contributed by atoms with van der Waals surface area (Å²) in [5, 5.41) is 6.09. The maximum Gasteiger partial charge on any atom is 0.331 e. The molecule has 6 heteroatoms. The van der Waals surface area contributed by atoms with E-state index in [9.17, 15) is 9.59 Å². The minimum Gasteiger partial charge on any atom is -0.457 e. The van der Waals surface area contributed by atoms with Crippen molar-refractivity contribution in [2.75, 3.05) is 24.2 Å². The molecular weight excluding hydrogens is 282 g/mol. The second-order valence-corrected chi connectivity index (χ2v) is 5.66. The minimum atomic E-state index is -0.517. The van der Waals surface area contributed by atoms with Crippen molar-refractivity contribution in [1.82, 2.24) is 4.98 Å². The third-order valence-corrected chi connectivity index (χ3v) is 2.54. The van der Waals surface area contributed by atoms with Gasteiger partial charge in [-0.2, -0.15) is 0 Å². The number of esters is 1. The second-order valence-electron chi connectivity index (χ2n) is 5.66. The maximum atomic E-state index is 11.7. The molecule has 0 saturated heterocycles. The molecule has 0 bridgehead atoms. The molecule has 6 nitrogen and oxygen atoms in total. The fourth-order valence-electron chi connectivity index (χ4n) is 1.67. The SMILES string of the molecule is CNc1ncc(/C=C/C(=O)OC(C)(C)C)cc1NCCC=O. The first-order chi connectivity index (χ1) is 10.4. The molecule has 1 aromatic rings. The molecule has 0 aliphatic heterocycles. The number of carbonyl (C=O) groups is 2. The minimum absolute atomic E-state index is 0.402. The highest BCUT2D eigenvalue weighted by molar-refractivity contribution is 5.87. The van der Waals surface area contributed by atoms with Gasteiger partial charge in [-0.1, -0.05) is 0 Å². The van der Waals surface area contributed by atoms with Crippen LogP contribution >= 0.6 is 0 Å². The van der Waals surface area contributed by atoms with Crippen LogP contribution in [0.4, 0.5) is 11.5 Å². The normalized spacial score (nSPS) is 11.3. The average molecular weight is 305 g/mol. The van der Waals surface area contributed by atoms with Gasteiger partial charge in [0.05, 0.1) is 5.69 Å². The lowest BCUT2D eigenvalue weighted by Gasteiger charge is -2.17. The number of nitrogens with zero attached hydrogens (tertiary/aromatic N) is 1. The summed E-state index contributed by atoms with van der Waals surface area (Å²) in [6.07, 6.45) is 5.94. The zero-order valence-electron chi connectivity index (χ0n) is 13.5. The summed E-state index contributed by atoms with van der Waals surface area (Å²) in [7, 11) is 1.77. The van der Waals surface area contributed by atoms with Crippen LogP contribution in [-0.2, 0) is 14.3 Å². The topological polar surface area (TPSA) is 80.3 Å². The van der Waals surface area contributed by atoms with Gasteiger partial charge >= 0.3 is 5.97 Å². The standard InChI is InChI=1S/C16H23N3O3/c1-16(2,3)22-14(21)7-6-12-10-13(18-8-5-9-20)15(17-4)19-11-12/h6-7,9-11,18H,5,8H2,1-4H3,(H,17,19)/b7-6+. The summed E-state index contributed by atoms with van der Waals surface area (Å²) in [5.41, 5.74) is 1.02. The molecule has 0 fully saturated rings. The van der Waals surface area contributed by atoms with Crippen LogP contribution in [0.15, 0.2) is 18.3 Å². The van der Waals surface area contributed by atoms with Crippen molar-refractivity contribution < 1.29 is 14.3 Å². The maximum absolute atomic E-state index is 11.7. The zero-order valence-corrected chi connectivity index (χ0v) is 13.5. The van der Waals surface area contributed by atoms with Gasteiger partial charge in [0, 0.05) is 32.3 Å². The molecule has 1 aromatic heterocycles. The molecule has 120 valence electrons. The smallest absolute Gasteiger partial charge is 0.331 e. The number of nitrogens with one attached hydrogen (secondary N) is 2. The Bertz CT molecular complexity index is 548. The van der Waals surface area contributed by atoms with Crippen molar-refractivity contribution in [2.24, 2.45) is 0 Å². The van der Waals surface area contributed by atoms with E-state index in [4.69, 9.17) is 4.74 Å². The molecule has 0 spiro atoms. The largest absolute Gasteiger partial charge is 0.457 e. The summed E-state index contributed by atoms with van der Waals surface area (Å²) in [5.74, 6) is 0.279. The lowest BCUT2D eigenvalue weighted by molar-refractivity contribution is -0.148. The van der Waals surface area contributed by atoms with Crippen LogP contribution in [0.2, 0.25) is 0 Å². The molecule has 0 radical (unpaired) electrons. The van der Waals surface area contributed by atoms with Crippen LogP contribution in [0.25, 0.3) is 6.08 Å². The number of pyridine rings is 1. The number of aldehydes is 1. The van der Waals surface area contributed by atoms with E-state index in [0.29, 0.717) is 18.8 Å². The van der Waals surface area contributed by atoms with Gasteiger partial charge in [0.25, 0.3) is 0 Å². The molecule has 1 heterocycles. The van der Waals surface area contributed by atoms with Gasteiger partial charge in [-0.15, -0.1) is 0 Å². The number of aromatic nitrogens is 1. The number of anilines is 2. The van der Waals surface area contributed by atoms with Gasteiger partial charge in [0.15, 0.2) is 0 Å². The molecule has 0 unspecified atom stereocenters. The molecule has 0 amide bonds. The molecule has 0 atom stereocenters. The molecule has 0 aliphatic rings. The molecule has 22 heavy (non-hydrogen) atoms. The van der Waals surface area contributed by atoms with Crippen molar-refractivity contribution in [3.63, 3.8) is 0 Å². The third-order valence-electron chi connectivity index (χ3n) is 2.54. The molecule has 0 saturated carbocycles. The Kier molecular flexibility index (Phi) is 6.56. The Hall–Kier alpha value is -2.37. The number of ether oxygens (including phenoxy) is 1. The van der Waals surface area contributed by atoms with E-state index in [2.05, 4.69) is 15.6 Å².